The third kappa shape index (κ3) is 3.75. The maximum Gasteiger partial charge on any atom is 0.167 e. The van der Waals surface area contributed by atoms with E-state index in [1.54, 1.807) is 18.3 Å². The lowest BCUT2D eigenvalue weighted by atomic mass is 10.0. The van der Waals surface area contributed by atoms with Crippen LogP contribution >= 0.6 is 0 Å². The third-order valence-corrected chi connectivity index (χ3v) is 3.60. The summed E-state index contributed by atoms with van der Waals surface area (Å²) in [4.78, 5) is 12.2. The zero-order valence-corrected chi connectivity index (χ0v) is 13.4. The predicted octanol–water partition coefficient (Wildman–Crippen LogP) is 3.92. The van der Waals surface area contributed by atoms with Gasteiger partial charge in [-0.05, 0) is 49.7 Å². The molecule has 0 unspecified atom stereocenters. The second-order valence-electron chi connectivity index (χ2n) is 5.35. The van der Waals surface area contributed by atoms with E-state index in [1.807, 2.05) is 26.8 Å². The largest absolute Gasteiger partial charge is 0.385 e. The van der Waals surface area contributed by atoms with Crippen molar-refractivity contribution in [2.75, 3.05) is 11.9 Å². The van der Waals surface area contributed by atoms with Gasteiger partial charge in [0.15, 0.2) is 5.78 Å². The van der Waals surface area contributed by atoms with E-state index in [4.69, 9.17) is 0 Å². The van der Waals surface area contributed by atoms with E-state index in [2.05, 4.69) is 10.6 Å². The summed E-state index contributed by atoms with van der Waals surface area (Å²) in [7, 11) is 0. The van der Waals surface area contributed by atoms with Crippen LogP contribution in [0.4, 0.5) is 10.1 Å². The van der Waals surface area contributed by atoms with Crippen LogP contribution in [0.1, 0.15) is 32.3 Å². The Balaban J connectivity index is 0.000000847. The highest BCUT2D eigenvalue weighted by Crippen LogP contribution is 2.34. The fourth-order valence-corrected chi connectivity index (χ4v) is 2.29. The molecule has 0 saturated heterocycles. The first kappa shape index (κ1) is 16.3. The number of nitrogens with one attached hydrogen (secondary N) is 2. The first-order valence-electron chi connectivity index (χ1n) is 7.85. The van der Waals surface area contributed by atoms with Crippen LogP contribution in [0.3, 0.4) is 0 Å². The highest BCUT2D eigenvalue weighted by atomic mass is 19.1. The number of ketones is 1. The Morgan fingerprint density at radius 3 is 2.68 bits per heavy atom. The minimum atomic E-state index is -0.301. The summed E-state index contributed by atoms with van der Waals surface area (Å²) < 4.78 is 13.9. The highest BCUT2D eigenvalue weighted by molar-refractivity contribution is 6.02. The van der Waals surface area contributed by atoms with Gasteiger partial charge in [0.1, 0.15) is 5.82 Å². The number of benzene rings is 1. The van der Waals surface area contributed by atoms with Crippen molar-refractivity contribution in [1.82, 2.24) is 5.32 Å². The molecule has 1 aromatic carbocycles. The van der Waals surface area contributed by atoms with Gasteiger partial charge in [-0.1, -0.05) is 19.9 Å². The number of anilines is 1. The Hall–Kier alpha value is -2.10. The quantitative estimate of drug-likeness (QED) is 0.885. The molecule has 0 aromatic heterocycles. The van der Waals surface area contributed by atoms with Crippen LogP contribution in [0.25, 0.3) is 0 Å². The van der Waals surface area contributed by atoms with E-state index in [0.29, 0.717) is 17.8 Å². The molecule has 1 aromatic rings. The Kier molecular flexibility index (Phi) is 5.36. The number of Topliss-reactive ketones (excluding diaryl/α,β-unsaturated/α-hetero) is 1. The van der Waals surface area contributed by atoms with Crippen molar-refractivity contribution >= 4 is 11.5 Å². The van der Waals surface area contributed by atoms with Gasteiger partial charge >= 0.3 is 0 Å². The summed E-state index contributed by atoms with van der Waals surface area (Å²) in [5, 5.41) is 6.11. The SMILES string of the molecule is CC.Cc1ccc(NC2=C(C(=O)C3CC3)C=CNC2)c(F)c1. The number of hydrogen-bond acceptors (Lipinski definition) is 3. The summed E-state index contributed by atoms with van der Waals surface area (Å²) in [6.45, 7) is 6.36. The van der Waals surface area contributed by atoms with Crippen LogP contribution in [0.5, 0.6) is 0 Å². The molecule has 0 bridgehead atoms. The zero-order chi connectivity index (χ0) is 16.1. The lowest BCUT2D eigenvalue weighted by molar-refractivity contribution is -0.116. The van der Waals surface area contributed by atoms with Crippen molar-refractivity contribution in [3.05, 3.63) is 53.1 Å². The Bertz CT molecular complexity index is 616. The molecule has 22 heavy (non-hydrogen) atoms. The summed E-state index contributed by atoms with van der Waals surface area (Å²) in [5.41, 5.74) is 2.69. The molecule has 1 heterocycles. The van der Waals surface area contributed by atoms with Crippen LogP contribution in [0, 0.1) is 18.7 Å². The molecule has 3 rings (SSSR count). The van der Waals surface area contributed by atoms with E-state index < -0.39 is 0 Å². The van der Waals surface area contributed by atoms with Crippen LogP contribution in [-0.4, -0.2) is 12.3 Å². The molecular formula is C18H23FN2O. The first-order valence-corrected chi connectivity index (χ1v) is 7.85. The van der Waals surface area contributed by atoms with Gasteiger partial charge in [-0.3, -0.25) is 4.79 Å². The van der Waals surface area contributed by atoms with Gasteiger partial charge < -0.3 is 10.6 Å². The standard InChI is InChI=1S/C16H17FN2O.C2H6/c1-10-2-5-14(13(17)8-10)19-15-9-18-7-6-12(15)16(20)11-3-4-11;1-2/h2,5-8,11,18-19H,3-4,9H2,1H3;1-2H3. The minimum absolute atomic E-state index is 0.160. The molecule has 0 atom stereocenters. The molecule has 2 N–H and O–H groups in total. The van der Waals surface area contributed by atoms with Gasteiger partial charge in [-0.2, -0.15) is 0 Å². The topological polar surface area (TPSA) is 41.1 Å². The second-order valence-corrected chi connectivity index (χ2v) is 5.35. The maximum absolute atomic E-state index is 13.9. The van der Waals surface area contributed by atoms with E-state index in [9.17, 15) is 9.18 Å². The molecule has 0 radical (unpaired) electrons. The fourth-order valence-electron chi connectivity index (χ4n) is 2.29. The smallest absolute Gasteiger partial charge is 0.167 e. The molecule has 3 nitrogen and oxygen atoms in total. The molecule has 2 aliphatic rings. The normalized spacial score (nSPS) is 16.5. The third-order valence-electron chi connectivity index (χ3n) is 3.60. The van der Waals surface area contributed by atoms with Gasteiger partial charge in [-0.25, -0.2) is 4.39 Å². The van der Waals surface area contributed by atoms with Gasteiger partial charge in [0.2, 0.25) is 0 Å². The number of aryl methyl sites for hydroxylation is 1. The average Bonchev–Trinajstić information content (AvgIpc) is 3.37. The van der Waals surface area contributed by atoms with Gasteiger partial charge in [0.05, 0.1) is 12.2 Å². The fraction of sp³-hybridized carbons (Fsp3) is 0.389. The molecule has 1 aliphatic heterocycles. The van der Waals surface area contributed by atoms with E-state index >= 15 is 0 Å². The van der Waals surface area contributed by atoms with Crippen molar-refractivity contribution in [3.8, 4) is 0 Å². The number of dihydropyridines is 1. The Morgan fingerprint density at radius 1 is 1.32 bits per heavy atom. The maximum atomic E-state index is 13.9. The van der Waals surface area contributed by atoms with Crippen LogP contribution in [0.15, 0.2) is 41.7 Å². The van der Waals surface area contributed by atoms with Crippen molar-refractivity contribution in [2.45, 2.75) is 33.6 Å². The lowest BCUT2D eigenvalue weighted by Gasteiger charge is -2.19. The van der Waals surface area contributed by atoms with Gasteiger partial charge in [0, 0.05) is 17.2 Å². The molecule has 1 saturated carbocycles. The summed E-state index contributed by atoms with van der Waals surface area (Å²) in [6.07, 6.45) is 5.48. The lowest BCUT2D eigenvalue weighted by Crippen LogP contribution is -2.24. The Labute approximate surface area is 131 Å². The number of carbonyl (C=O) groups excluding carboxylic acids is 1. The molecular weight excluding hydrogens is 279 g/mol. The Morgan fingerprint density at radius 2 is 2.05 bits per heavy atom. The molecule has 1 aliphatic carbocycles. The van der Waals surface area contributed by atoms with Crippen LogP contribution in [-0.2, 0) is 4.79 Å². The van der Waals surface area contributed by atoms with Gasteiger partial charge in [0.25, 0.3) is 0 Å². The van der Waals surface area contributed by atoms with E-state index in [1.165, 1.54) is 6.07 Å². The number of allylic oxidation sites excluding steroid dienone is 2. The number of halogens is 1. The average molecular weight is 302 g/mol. The number of hydrogen-bond donors (Lipinski definition) is 2. The van der Waals surface area contributed by atoms with Crippen LogP contribution in [0.2, 0.25) is 0 Å². The molecule has 4 heteroatoms. The number of carbonyl (C=O) groups is 1. The van der Waals surface area contributed by atoms with Gasteiger partial charge in [-0.15, -0.1) is 0 Å². The summed E-state index contributed by atoms with van der Waals surface area (Å²) in [5.74, 6) is 0.0236. The first-order chi connectivity index (χ1) is 10.6. The van der Waals surface area contributed by atoms with Crippen LogP contribution < -0.4 is 10.6 Å². The van der Waals surface area contributed by atoms with Crippen molar-refractivity contribution in [2.24, 2.45) is 5.92 Å². The van der Waals surface area contributed by atoms with E-state index in [-0.39, 0.29) is 17.5 Å². The van der Waals surface area contributed by atoms with E-state index in [0.717, 1.165) is 24.1 Å². The number of rotatable bonds is 4. The van der Waals surface area contributed by atoms with Crippen molar-refractivity contribution in [1.29, 1.82) is 0 Å². The molecule has 0 spiro atoms. The molecule has 1 fully saturated rings. The monoisotopic (exact) mass is 302 g/mol. The minimum Gasteiger partial charge on any atom is -0.385 e. The molecule has 118 valence electrons. The zero-order valence-electron chi connectivity index (χ0n) is 13.4. The second kappa shape index (κ2) is 7.25. The molecule has 0 amide bonds. The summed E-state index contributed by atoms with van der Waals surface area (Å²) in [6, 6.07) is 5.03. The predicted molar refractivity (Wildman–Crippen MR) is 88.0 cm³/mol. The summed E-state index contributed by atoms with van der Waals surface area (Å²) >= 11 is 0. The van der Waals surface area contributed by atoms with Crippen molar-refractivity contribution in [3.63, 3.8) is 0 Å². The van der Waals surface area contributed by atoms with Crippen molar-refractivity contribution < 1.29 is 9.18 Å². The highest BCUT2D eigenvalue weighted by Gasteiger charge is 2.32.